The molecule has 0 saturated heterocycles. The maximum absolute atomic E-state index is 13.5. The molecule has 0 atom stereocenters. The van der Waals surface area contributed by atoms with Crippen LogP contribution in [-0.4, -0.2) is 26.6 Å². The Kier molecular flexibility index (Phi) is 6.31. The number of amides is 1. The molecule has 1 fully saturated rings. The highest BCUT2D eigenvalue weighted by Gasteiger charge is 2.35. The van der Waals surface area contributed by atoms with Crippen molar-refractivity contribution in [3.63, 3.8) is 0 Å². The van der Waals surface area contributed by atoms with Gasteiger partial charge < -0.3 is 9.64 Å². The standard InChI is InChI=1S/C27H23Cl2N3O2/c1-18-24(17-31(20-13-14-20)26(33)23-9-5-6-10-25(23)29)27(34-22-15-11-19(28)12-16-22)32(30-18)21-7-3-2-4-8-21/h2-12,15-16,20H,13-14,17H2,1H3. The van der Waals surface area contributed by atoms with Gasteiger partial charge in [-0.15, -0.1) is 0 Å². The fraction of sp³-hybridized carbons (Fsp3) is 0.185. The van der Waals surface area contributed by atoms with Gasteiger partial charge in [0.15, 0.2) is 0 Å². The summed E-state index contributed by atoms with van der Waals surface area (Å²) in [6, 6.07) is 24.3. The van der Waals surface area contributed by atoms with Crippen LogP contribution in [-0.2, 0) is 6.54 Å². The van der Waals surface area contributed by atoms with Gasteiger partial charge in [0, 0.05) is 11.1 Å². The summed E-state index contributed by atoms with van der Waals surface area (Å²) < 4.78 is 8.14. The molecule has 0 radical (unpaired) electrons. The number of rotatable bonds is 7. The van der Waals surface area contributed by atoms with Crippen molar-refractivity contribution in [3.05, 3.63) is 106 Å². The van der Waals surface area contributed by atoms with Crippen LogP contribution in [0, 0.1) is 6.92 Å². The number of aromatic nitrogens is 2. The third kappa shape index (κ3) is 4.67. The summed E-state index contributed by atoms with van der Waals surface area (Å²) in [6.07, 6.45) is 1.94. The lowest BCUT2D eigenvalue weighted by molar-refractivity contribution is 0.0729. The summed E-state index contributed by atoms with van der Waals surface area (Å²) in [6.45, 7) is 2.31. The number of carbonyl (C=O) groups is 1. The third-order valence-electron chi connectivity index (χ3n) is 5.85. The molecule has 34 heavy (non-hydrogen) atoms. The lowest BCUT2D eigenvalue weighted by Gasteiger charge is -2.23. The van der Waals surface area contributed by atoms with Crippen LogP contribution >= 0.6 is 23.2 Å². The summed E-state index contributed by atoms with van der Waals surface area (Å²) in [7, 11) is 0. The van der Waals surface area contributed by atoms with E-state index in [1.165, 1.54) is 0 Å². The lowest BCUT2D eigenvalue weighted by Crippen LogP contribution is -2.33. The molecule has 4 aromatic rings. The number of ether oxygens (including phenoxy) is 1. The van der Waals surface area contributed by atoms with Crippen molar-refractivity contribution in [1.82, 2.24) is 14.7 Å². The fourth-order valence-corrected chi connectivity index (χ4v) is 4.24. The zero-order chi connectivity index (χ0) is 23.7. The van der Waals surface area contributed by atoms with Crippen LogP contribution in [0.1, 0.15) is 34.5 Å². The molecule has 5 nitrogen and oxygen atoms in total. The molecule has 1 amide bonds. The highest BCUT2D eigenvalue weighted by Crippen LogP contribution is 2.36. The van der Waals surface area contributed by atoms with Crippen molar-refractivity contribution in [2.24, 2.45) is 0 Å². The fourth-order valence-electron chi connectivity index (χ4n) is 3.90. The molecule has 0 N–H and O–H groups in total. The van der Waals surface area contributed by atoms with Gasteiger partial charge in [-0.05, 0) is 68.3 Å². The molecular weight excluding hydrogens is 469 g/mol. The number of hydrogen-bond acceptors (Lipinski definition) is 3. The molecule has 0 aliphatic heterocycles. The molecule has 0 unspecified atom stereocenters. The van der Waals surface area contributed by atoms with E-state index >= 15 is 0 Å². The van der Waals surface area contributed by atoms with Crippen molar-refractivity contribution in [3.8, 4) is 17.3 Å². The highest BCUT2D eigenvalue weighted by molar-refractivity contribution is 6.33. The van der Waals surface area contributed by atoms with Gasteiger partial charge in [0.2, 0.25) is 5.88 Å². The average Bonchev–Trinajstić information content (AvgIpc) is 3.64. The Morgan fingerprint density at radius 2 is 1.68 bits per heavy atom. The van der Waals surface area contributed by atoms with Crippen molar-refractivity contribution in [2.45, 2.75) is 32.4 Å². The van der Waals surface area contributed by atoms with Gasteiger partial charge in [-0.2, -0.15) is 5.10 Å². The minimum absolute atomic E-state index is 0.0857. The van der Waals surface area contributed by atoms with Crippen LogP contribution in [0.4, 0.5) is 0 Å². The van der Waals surface area contributed by atoms with Gasteiger partial charge in [-0.3, -0.25) is 4.79 Å². The van der Waals surface area contributed by atoms with E-state index in [0.29, 0.717) is 33.8 Å². The van der Waals surface area contributed by atoms with Crippen LogP contribution in [0.5, 0.6) is 11.6 Å². The Hall–Kier alpha value is -3.28. The Labute approximate surface area is 208 Å². The zero-order valence-electron chi connectivity index (χ0n) is 18.6. The maximum atomic E-state index is 13.5. The Morgan fingerprint density at radius 1 is 1.00 bits per heavy atom. The van der Waals surface area contributed by atoms with Crippen LogP contribution in [0.25, 0.3) is 5.69 Å². The minimum Gasteiger partial charge on any atom is -0.439 e. The molecule has 172 valence electrons. The van der Waals surface area contributed by atoms with E-state index < -0.39 is 0 Å². The summed E-state index contributed by atoms with van der Waals surface area (Å²) in [4.78, 5) is 15.4. The van der Waals surface area contributed by atoms with Crippen molar-refractivity contribution in [1.29, 1.82) is 0 Å². The Morgan fingerprint density at radius 3 is 2.35 bits per heavy atom. The van der Waals surface area contributed by atoms with Gasteiger partial charge in [0.05, 0.1) is 34.1 Å². The third-order valence-corrected chi connectivity index (χ3v) is 6.43. The molecular formula is C27H23Cl2N3O2. The van der Waals surface area contributed by atoms with Crippen LogP contribution in [0.15, 0.2) is 78.9 Å². The number of halogens is 2. The smallest absolute Gasteiger partial charge is 0.255 e. The second-order valence-corrected chi connectivity index (χ2v) is 9.16. The second-order valence-electron chi connectivity index (χ2n) is 8.32. The van der Waals surface area contributed by atoms with Crippen molar-refractivity contribution < 1.29 is 9.53 Å². The number of para-hydroxylation sites is 1. The van der Waals surface area contributed by atoms with E-state index in [1.54, 1.807) is 28.9 Å². The predicted molar refractivity (Wildman–Crippen MR) is 134 cm³/mol. The molecule has 7 heteroatoms. The van der Waals surface area contributed by atoms with E-state index in [2.05, 4.69) is 0 Å². The van der Waals surface area contributed by atoms with Gasteiger partial charge in [0.25, 0.3) is 5.91 Å². The largest absolute Gasteiger partial charge is 0.439 e. The summed E-state index contributed by atoms with van der Waals surface area (Å²) in [5.74, 6) is 1.12. The van der Waals surface area contributed by atoms with Crippen molar-refractivity contribution in [2.75, 3.05) is 0 Å². The molecule has 1 heterocycles. The first-order valence-corrected chi connectivity index (χ1v) is 11.9. The SMILES string of the molecule is Cc1nn(-c2ccccc2)c(Oc2ccc(Cl)cc2)c1CN(C(=O)c1ccccc1Cl)C1CC1. The van der Waals surface area contributed by atoms with Crippen molar-refractivity contribution >= 4 is 29.1 Å². The van der Waals surface area contributed by atoms with Crippen LogP contribution in [0.2, 0.25) is 10.0 Å². The molecule has 5 rings (SSSR count). The molecule has 1 aliphatic rings. The minimum atomic E-state index is -0.0857. The van der Waals surface area contributed by atoms with E-state index in [0.717, 1.165) is 29.8 Å². The highest BCUT2D eigenvalue weighted by atomic mass is 35.5. The van der Waals surface area contributed by atoms with E-state index in [4.69, 9.17) is 33.0 Å². The van der Waals surface area contributed by atoms with Gasteiger partial charge >= 0.3 is 0 Å². The number of carbonyl (C=O) groups excluding carboxylic acids is 1. The molecule has 3 aromatic carbocycles. The first-order valence-electron chi connectivity index (χ1n) is 11.1. The molecule has 1 aromatic heterocycles. The summed E-state index contributed by atoms with van der Waals surface area (Å²) in [5, 5.41) is 5.86. The monoisotopic (exact) mass is 491 g/mol. The first kappa shape index (κ1) is 22.5. The van der Waals surface area contributed by atoms with Crippen LogP contribution < -0.4 is 4.74 Å². The molecule has 0 spiro atoms. The predicted octanol–water partition coefficient (Wildman–Crippen LogP) is 7.08. The maximum Gasteiger partial charge on any atom is 0.255 e. The zero-order valence-corrected chi connectivity index (χ0v) is 20.1. The number of benzene rings is 3. The van der Waals surface area contributed by atoms with Crippen LogP contribution in [0.3, 0.4) is 0 Å². The lowest BCUT2D eigenvalue weighted by atomic mass is 10.1. The molecule has 1 aliphatic carbocycles. The topological polar surface area (TPSA) is 47.4 Å². The number of nitrogens with zero attached hydrogens (tertiary/aromatic N) is 3. The Balaban J connectivity index is 1.56. The second kappa shape index (κ2) is 9.53. The summed E-state index contributed by atoms with van der Waals surface area (Å²) in [5.41, 5.74) is 3.03. The van der Waals surface area contributed by atoms with E-state index in [9.17, 15) is 4.79 Å². The molecule has 1 saturated carbocycles. The number of aryl methyl sites for hydroxylation is 1. The van der Waals surface area contributed by atoms with Gasteiger partial charge in [-0.1, -0.05) is 53.5 Å². The van der Waals surface area contributed by atoms with E-state index in [-0.39, 0.29) is 11.9 Å². The average molecular weight is 492 g/mol. The quantitative estimate of drug-likeness (QED) is 0.277. The van der Waals surface area contributed by atoms with Gasteiger partial charge in [-0.25, -0.2) is 4.68 Å². The van der Waals surface area contributed by atoms with E-state index in [1.807, 2.05) is 66.4 Å². The number of hydrogen-bond donors (Lipinski definition) is 0. The molecule has 0 bridgehead atoms. The summed E-state index contributed by atoms with van der Waals surface area (Å²) >= 11 is 12.4. The normalized spacial score (nSPS) is 13.0. The first-order chi connectivity index (χ1) is 16.5. The Bertz CT molecular complexity index is 1320. The van der Waals surface area contributed by atoms with Gasteiger partial charge in [0.1, 0.15) is 5.75 Å².